The van der Waals surface area contributed by atoms with Crippen LogP contribution < -0.4 is 0 Å². The van der Waals surface area contributed by atoms with Gasteiger partial charge in [0.1, 0.15) is 5.78 Å². The van der Waals surface area contributed by atoms with Crippen molar-refractivity contribution in [3.05, 3.63) is 12.2 Å². The fourth-order valence-corrected chi connectivity index (χ4v) is 2.32. The van der Waals surface area contributed by atoms with Gasteiger partial charge in [-0.1, -0.05) is 12.5 Å². The molecular formula is C11H14O2. The van der Waals surface area contributed by atoms with E-state index in [1.54, 1.807) is 6.08 Å². The lowest BCUT2D eigenvalue weighted by Crippen LogP contribution is -2.34. The third-order valence-corrected chi connectivity index (χ3v) is 3.24. The summed E-state index contributed by atoms with van der Waals surface area (Å²) in [4.78, 5) is 22.7. The Balaban J connectivity index is 2.23. The minimum Gasteiger partial charge on any atom is -0.299 e. The van der Waals surface area contributed by atoms with Gasteiger partial charge in [-0.2, -0.15) is 0 Å². The Bertz CT molecular complexity index is 278. The van der Waals surface area contributed by atoms with Crippen molar-refractivity contribution in [3.8, 4) is 0 Å². The van der Waals surface area contributed by atoms with Gasteiger partial charge in [0, 0.05) is 18.3 Å². The maximum absolute atomic E-state index is 11.7. The summed E-state index contributed by atoms with van der Waals surface area (Å²) in [6.07, 6.45) is 8.59. The second kappa shape index (κ2) is 3.09. The van der Waals surface area contributed by atoms with Gasteiger partial charge in [-0.3, -0.25) is 9.59 Å². The molecule has 0 aromatic rings. The molecule has 2 aliphatic rings. The first-order valence-corrected chi connectivity index (χ1v) is 4.98. The van der Waals surface area contributed by atoms with Crippen LogP contribution in [0.1, 0.15) is 38.5 Å². The Morgan fingerprint density at radius 3 is 2.54 bits per heavy atom. The Kier molecular flexibility index (Phi) is 2.06. The molecule has 0 radical (unpaired) electrons. The van der Waals surface area contributed by atoms with Crippen LogP contribution in [0.2, 0.25) is 0 Å². The minimum absolute atomic E-state index is 0.170. The summed E-state index contributed by atoms with van der Waals surface area (Å²) in [5, 5.41) is 0. The van der Waals surface area contributed by atoms with Gasteiger partial charge >= 0.3 is 0 Å². The van der Waals surface area contributed by atoms with Crippen LogP contribution in [0.25, 0.3) is 0 Å². The molecule has 0 aromatic heterocycles. The maximum atomic E-state index is 11.7. The molecule has 2 nitrogen and oxygen atoms in total. The first-order valence-electron chi connectivity index (χ1n) is 4.98. The van der Waals surface area contributed by atoms with E-state index in [-0.39, 0.29) is 11.2 Å². The van der Waals surface area contributed by atoms with E-state index >= 15 is 0 Å². The number of hydrogen-bond donors (Lipinski definition) is 0. The van der Waals surface area contributed by atoms with E-state index in [1.807, 2.05) is 6.08 Å². The molecule has 1 unspecified atom stereocenters. The highest BCUT2D eigenvalue weighted by atomic mass is 16.1. The SMILES string of the molecule is O=C1C=CC2(CCCCC2=O)CC1. The quantitative estimate of drug-likeness (QED) is 0.568. The van der Waals surface area contributed by atoms with Crippen molar-refractivity contribution in [2.24, 2.45) is 5.41 Å². The van der Waals surface area contributed by atoms with Crippen molar-refractivity contribution in [1.29, 1.82) is 0 Å². The maximum Gasteiger partial charge on any atom is 0.155 e. The average Bonchev–Trinajstić information content (AvgIpc) is 2.15. The molecule has 0 aromatic carbocycles. The summed E-state index contributed by atoms with van der Waals surface area (Å²) in [7, 11) is 0. The average molecular weight is 178 g/mol. The molecule has 2 rings (SSSR count). The molecule has 0 N–H and O–H groups in total. The van der Waals surface area contributed by atoms with Gasteiger partial charge in [0.2, 0.25) is 0 Å². The van der Waals surface area contributed by atoms with E-state index in [9.17, 15) is 9.59 Å². The molecular weight excluding hydrogens is 164 g/mol. The number of carbonyl (C=O) groups excluding carboxylic acids is 2. The van der Waals surface area contributed by atoms with Crippen molar-refractivity contribution in [3.63, 3.8) is 0 Å². The van der Waals surface area contributed by atoms with Crippen LogP contribution >= 0.6 is 0 Å². The predicted molar refractivity (Wildman–Crippen MR) is 49.3 cm³/mol. The lowest BCUT2D eigenvalue weighted by atomic mass is 9.68. The summed E-state index contributed by atoms with van der Waals surface area (Å²) < 4.78 is 0. The Morgan fingerprint density at radius 1 is 1.08 bits per heavy atom. The molecule has 1 fully saturated rings. The summed E-state index contributed by atoms with van der Waals surface area (Å²) >= 11 is 0. The standard InChI is InChI=1S/C11H14O2/c12-9-4-7-11(8-5-9)6-2-1-3-10(11)13/h4,7H,1-3,5-6,8H2. The molecule has 1 atom stereocenters. The van der Waals surface area contributed by atoms with Crippen molar-refractivity contribution in [2.75, 3.05) is 0 Å². The molecule has 0 heterocycles. The number of hydrogen-bond acceptors (Lipinski definition) is 2. The van der Waals surface area contributed by atoms with E-state index in [0.29, 0.717) is 18.6 Å². The van der Waals surface area contributed by atoms with E-state index in [1.165, 1.54) is 0 Å². The molecule has 0 saturated heterocycles. The smallest absolute Gasteiger partial charge is 0.155 e. The first kappa shape index (κ1) is 8.67. The summed E-state index contributed by atoms with van der Waals surface area (Å²) in [6, 6.07) is 0. The largest absolute Gasteiger partial charge is 0.299 e. The minimum atomic E-state index is -0.244. The molecule has 13 heavy (non-hydrogen) atoms. The number of allylic oxidation sites excluding steroid dienone is 2. The third kappa shape index (κ3) is 1.45. The van der Waals surface area contributed by atoms with Gasteiger partial charge in [-0.15, -0.1) is 0 Å². The van der Waals surface area contributed by atoms with E-state index in [0.717, 1.165) is 25.7 Å². The normalized spacial score (nSPS) is 34.2. The highest BCUT2D eigenvalue weighted by Gasteiger charge is 2.38. The number of rotatable bonds is 0. The molecule has 1 spiro atoms. The second-order valence-corrected chi connectivity index (χ2v) is 4.09. The van der Waals surface area contributed by atoms with E-state index in [2.05, 4.69) is 0 Å². The molecule has 2 heteroatoms. The lowest BCUT2D eigenvalue weighted by molar-refractivity contribution is -0.129. The van der Waals surface area contributed by atoms with Crippen LogP contribution in [0.5, 0.6) is 0 Å². The van der Waals surface area contributed by atoms with E-state index in [4.69, 9.17) is 0 Å². The monoisotopic (exact) mass is 178 g/mol. The van der Waals surface area contributed by atoms with Gasteiger partial charge < -0.3 is 0 Å². The molecule has 0 amide bonds. The summed E-state index contributed by atoms with van der Waals surface area (Å²) in [5.41, 5.74) is -0.244. The number of Topliss-reactive ketones (excluding diaryl/α,β-unsaturated/α-hetero) is 1. The number of ketones is 2. The predicted octanol–water partition coefficient (Wildman–Crippen LogP) is 2.04. The highest BCUT2D eigenvalue weighted by Crippen LogP contribution is 2.40. The zero-order valence-electron chi connectivity index (χ0n) is 7.71. The van der Waals surface area contributed by atoms with Crippen LogP contribution in [0.4, 0.5) is 0 Å². The highest BCUT2D eigenvalue weighted by molar-refractivity contribution is 5.95. The van der Waals surface area contributed by atoms with Crippen molar-refractivity contribution in [1.82, 2.24) is 0 Å². The molecule has 2 aliphatic carbocycles. The third-order valence-electron chi connectivity index (χ3n) is 3.24. The molecule has 70 valence electrons. The molecule has 1 saturated carbocycles. The van der Waals surface area contributed by atoms with Crippen molar-refractivity contribution in [2.45, 2.75) is 38.5 Å². The van der Waals surface area contributed by atoms with Gasteiger partial charge in [-0.05, 0) is 25.3 Å². The fourth-order valence-electron chi connectivity index (χ4n) is 2.32. The van der Waals surface area contributed by atoms with Crippen molar-refractivity contribution < 1.29 is 9.59 Å². The van der Waals surface area contributed by atoms with Crippen LogP contribution in [-0.4, -0.2) is 11.6 Å². The molecule has 0 aliphatic heterocycles. The fraction of sp³-hybridized carbons (Fsp3) is 0.636. The molecule has 0 bridgehead atoms. The van der Waals surface area contributed by atoms with Gasteiger partial charge in [-0.25, -0.2) is 0 Å². The Labute approximate surface area is 78.0 Å². The van der Waals surface area contributed by atoms with Gasteiger partial charge in [0.05, 0.1) is 0 Å². The zero-order valence-corrected chi connectivity index (χ0v) is 7.71. The lowest BCUT2D eigenvalue weighted by Gasteiger charge is -2.34. The summed E-state index contributed by atoms with van der Waals surface area (Å²) in [5.74, 6) is 0.520. The van der Waals surface area contributed by atoms with Crippen LogP contribution in [0.15, 0.2) is 12.2 Å². The first-order chi connectivity index (χ1) is 6.23. The van der Waals surface area contributed by atoms with Crippen molar-refractivity contribution >= 4 is 11.6 Å². The zero-order chi connectivity index (χ0) is 9.31. The Hall–Kier alpha value is -0.920. The van der Waals surface area contributed by atoms with E-state index < -0.39 is 0 Å². The van der Waals surface area contributed by atoms with Gasteiger partial charge in [0.25, 0.3) is 0 Å². The Morgan fingerprint density at radius 2 is 1.92 bits per heavy atom. The second-order valence-electron chi connectivity index (χ2n) is 4.09. The van der Waals surface area contributed by atoms with Crippen LogP contribution in [0.3, 0.4) is 0 Å². The summed E-state index contributed by atoms with van der Waals surface area (Å²) in [6.45, 7) is 0. The topological polar surface area (TPSA) is 34.1 Å². The van der Waals surface area contributed by atoms with Crippen LogP contribution in [0, 0.1) is 5.41 Å². The van der Waals surface area contributed by atoms with Gasteiger partial charge in [0.15, 0.2) is 5.78 Å². The van der Waals surface area contributed by atoms with Crippen LogP contribution in [-0.2, 0) is 9.59 Å². The number of carbonyl (C=O) groups is 2.